The van der Waals surface area contributed by atoms with E-state index in [1.54, 1.807) is 7.11 Å². The zero-order chi connectivity index (χ0) is 12.5. The van der Waals surface area contributed by atoms with Gasteiger partial charge in [0.2, 0.25) is 0 Å². The first-order chi connectivity index (χ1) is 8.31. The van der Waals surface area contributed by atoms with Gasteiger partial charge in [0.05, 0.1) is 7.11 Å². The molecule has 0 aliphatic carbocycles. The van der Waals surface area contributed by atoms with E-state index in [1.165, 1.54) is 0 Å². The predicted octanol–water partition coefficient (Wildman–Crippen LogP) is 3.07. The van der Waals surface area contributed by atoms with Crippen LogP contribution in [0.3, 0.4) is 0 Å². The van der Waals surface area contributed by atoms with Gasteiger partial charge in [0, 0.05) is 12.0 Å². The maximum absolute atomic E-state index is 8.92. The summed E-state index contributed by atoms with van der Waals surface area (Å²) in [5.41, 5.74) is 1.18. The van der Waals surface area contributed by atoms with Crippen molar-refractivity contribution in [2.45, 2.75) is 26.2 Å². The smallest absolute Gasteiger partial charge is 0.159 e. The van der Waals surface area contributed by atoms with Gasteiger partial charge in [-0.25, -0.2) is 0 Å². The van der Waals surface area contributed by atoms with Crippen molar-refractivity contribution in [2.24, 2.45) is 5.16 Å². The first kappa shape index (κ1) is 13.1. The molecule has 0 aromatic heterocycles. The Hall–Kier alpha value is -1.95. The van der Waals surface area contributed by atoms with E-state index in [9.17, 15) is 0 Å². The summed E-state index contributed by atoms with van der Waals surface area (Å²) in [6.07, 6.45) is 3.00. The Bertz CT molecular complexity index is 424. The van der Waals surface area contributed by atoms with Crippen LogP contribution in [0.2, 0.25) is 0 Å². The molecule has 3 nitrogen and oxygen atoms in total. The van der Waals surface area contributed by atoms with Crippen LogP contribution in [0.5, 0.6) is 5.75 Å². The van der Waals surface area contributed by atoms with Crippen molar-refractivity contribution in [3.63, 3.8) is 0 Å². The second-order valence-electron chi connectivity index (χ2n) is 3.58. The summed E-state index contributed by atoms with van der Waals surface area (Å²) in [4.78, 5) is 0. The number of nitrogens with zero attached hydrogens (tertiary/aromatic N) is 1. The molecule has 90 valence electrons. The molecule has 0 atom stereocenters. The molecule has 1 aromatic rings. The van der Waals surface area contributed by atoms with Crippen LogP contribution in [0, 0.1) is 11.8 Å². The highest BCUT2D eigenvalue weighted by atomic mass is 16.5. The molecule has 0 heterocycles. The first-order valence-electron chi connectivity index (χ1n) is 5.67. The van der Waals surface area contributed by atoms with Crippen molar-refractivity contribution in [1.82, 2.24) is 0 Å². The molecule has 0 spiro atoms. The summed E-state index contributed by atoms with van der Waals surface area (Å²) >= 11 is 0. The maximum atomic E-state index is 8.92. The topological polar surface area (TPSA) is 41.8 Å². The molecule has 0 unspecified atom stereocenters. The van der Waals surface area contributed by atoms with Gasteiger partial charge in [-0.3, -0.25) is 0 Å². The minimum Gasteiger partial charge on any atom is -0.497 e. The van der Waals surface area contributed by atoms with Gasteiger partial charge in [0.25, 0.3) is 0 Å². The van der Waals surface area contributed by atoms with Gasteiger partial charge in [-0.15, -0.1) is 0 Å². The molecule has 0 saturated heterocycles. The Balaban J connectivity index is 2.75. The van der Waals surface area contributed by atoms with Gasteiger partial charge in [0.1, 0.15) is 5.75 Å². The number of benzene rings is 1. The quantitative estimate of drug-likeness (QED) is 0.284. The molecular formula is C14H17NO2. The van der Waals surface area contributed by atoms with Crippen LogP contribution in [-0.2, 0) is 0 Å². The van der Waals surface area contributed by atoms with Crippen LogP contribution in [0.15, 0.2) is 29.4 Å². The standard InChI is InChI=1S/C14H17NO2/c1-3-4-5-6-7-14(15-16)12-8-10-13(17-2)11-9-12/h8-11,16H,3-5H2,1-2H3. The average molecular weight is 231 g/mol. The number of hydrogen-bond donors (Lipinski definition) is 1. The van der Waals surface area contributed by atoms with Crippen LogP contribution in [-0.4, -0.2) is 18.0 Å². The van der Waals surface area contributed by atoms with Crippen molar-refractivity contribution in [3.05, 3.63) is 29.8 Å². The highest BCUT2D eigenvalue weighted by Gasteiger charge is 2.00. The average Bonchev–Trinajstić information content (AvgIpc) is 2.39. The lowest BCUT2D eigenvalue weighted by Gasteiger charge is -2.00. The van der Waals surface area contributed by atoms with E-state index in [0.717, 1.165) is 30.6 Å². The van der Waals surface area contributed by atoms with Crippen molar-refractivity contribution in [2.75, 3.05) is 7.11 Å². The fourth-order valence-electron chi connectivity index (χ4n) is 1.32. The Morgan fingerprint density at radius 3 is 2.59 bits per heavy atom. The van der Waals surface area contributed by atoms with E-state index in [0.29, 0.717) is 5.71 Å². The zero-order valence-electron chi connectivity index (χ0n) is 10.2. The van der Waals surface area contributed by atoms with Gasteiger partial charge in [0.15, 0.2) is 5.71 Å². The number of ether oxygens (including phenoxy) is 1. The van der Waals surface area contributed by atoms with E-state index < -0.39 is 0 Å². The van der Waals surface area contributed by atoms with E-state index in [-0.39, 0.29) is 0 Å². The molecule has 0 radical (unpaired) electrons. The molecule has 0 bridgehead atoms. The lowest BCUT2D eigenvalue weighted by molar-refractivity contribution is 0.320. The Morgan fingerprint density at radius 1 is 1.35 bits per heavy atom. The molecule has 1 aromatic carbocycles. The molecule has 0 saturated carbocycles. The highest BCUT2D eigenvalue weighted by molar-refractivity contribution is 6.12. The first-order valence-corrected chi connectivity index (χ1v) is 5.67. The molecule has 3 heteroatoms. The maximum Gasteiger partial charge on any atom is 0.159 e. The summed E-state index contributed by atoms with van der Waals surface area (Å²) < 4.78 is 5.06. The fourth-order valence-corrected chi connectivity index (χ4v) is 1.32. The van der Waals surface area contributed by atoms with E-state index >= 15 is 0 Å². The lowest BCUT2D eigenvalue weighted by Crippen LogP contribution is -1.97. The second-order valence-corrected chi connectivity index (χ2v) is 3.58. The number of methoxy groups -OCH3 is 1. The van der Waals surface area contributed by atoms with Crippen LogP contribution >= 0.6 is 0 Å². The monoisotopic (exact) mass is 231 g/mol. The molecular weight excluding hydrogens is 214 g/mol. The van der Waals surface area contributed by atoms with Gasteiger partial charge in [-0.05, 0) is 36.6 Å². The Labute approximate surface area is 102 Å². The minimum absolute atomic E-state index is 0.392. The van der Waals surface area contributed by atoms with Crippen LogP contribution in [0.1, 0.15) is 31.7 Å². The van der Waals surface area contributed by atoms with Gasteiger partial charge in [-0.2, -0.15) is 0 Å². The third-order valence-corrected chi connectivity index (χ3v) is 2.33. The molecule has 1 N–H and O–H groups in total. The summed E-state index contributed by atoms with van der Waals surface area (Å²) in [6.45, 7) is 2.12. The van der Waals surface area contributed by atoms with Crippen LogP contribution in [0.25, 0.3) is 0 Å². The highest BCUT2D eigenvalue weighted by Crippen LogP contribution is 2.11. The lowest BCUT2D eigenvalue weighted by atomic mass is 10.1. The zero-order valence-corrected chi connectivity index (χ0v) is 10.2. The number of hydrogen-bond acceptors (Lipinski definition) is 3. The van der Waals surface area contributed by atoms with Crippen molar-refractivity contribution in [3.8, 4) is 17.6 Å². The predicted molar refractivity (Wildman–Crippen MR) is 68.6 cm³/mol. The third-order valence-electron chi connectivity index (χ3n) is 2.33. The summed E-state index contributed by atoms with van der Waals surface area (Å²) in [5.74, 6) is 6.63. The second kappa shape index (κ2) is 7.34. The van der Waals surface area contributed by atoms with Crippen LogP contribution in [0.4, 0.5) is 0 Å². The van der Waals surface area contributed by atoms with Crippen molar-refractivity contribution < 1.29 is 9.94 Å². The van der Waals surface area contributed by atoms with Gasteiger partial charge < -0.3 is 9.94 Å². The summed E-state index contributed by atoms with van der Waals surface area (Å²) in [5, 5.41) is 12.1. The van der Waals surface area contributed by atoms with Crippen LogP contribution < -0.4 is 4.74 Å². The normalized spacial score (nSPS) is 10.6. The molecule has 0 aliphatic heterocycles. The summed E-state index contributed by atoms with van der Waals surface area (Å²) in [6, 6.07) is 7.27. The number of oxime groups is 1. The van der Waals surface area contributed by atoms with Crippen molar-refractivity contribution in [1.29, 1.82) is 0 Å². The molecule has 0 aliphatic rings. The van der Waals surface area contributed by atoms with E-state index in [1.807, 2.05) is 24.3 Å². The third kappa shape index (κ3) is 4.20. The summed E-state index contributed by atoms with van der Waals surface area (Å²) in [7, 11) is 1.61. The van der Waals surface area contributed by atoms with Gasteiger partial charge in [-0.1, -0.05) is 24.4 Å². The van der Waals surface area contributed by atoms with E-state index in [4.69, 9.17) is 9.94 Å². The molecule has 1 rings (SSSR count). The molecule has 17 heavy (non-hydrogen) atoms. The minimum atomic E-state index is 0.392. The fraction of sp³-hybridized carbons (Fsp3) is 0.357. The Morgan fingerprint density at radius 2 is 2.06 bits per heavy atom. The SMILES string of the molecule is CCCCC#CC(=NO)c1ccc(OC)cc1. The number of rotatable bonds is 4. The van der Waals surface area contributed by atoms with Crippen molar-refractivity contribution >= 4 is 5.71 Å². The number of unbranched alkanes of at least 4 members (excludes halogenated alkanes) is 2. The largest absolute Gasteiger partial charge is 0.497 e. The molecule has 0 amide bonds. The van der Waals surface area contributed by atoms with Gasteiger partial charge >= 0.3 is 0 Å². The Kier molecular flexibility index (Phi) is 5.67. The molecule has 0 fully saturated rings. The van der Waals surface area contributed by atoms with E-state index in [2.05, 4.69) is 23.9 Å².